The average molecular weight is 365 g/mol. The lowest BCUT2D eigenvalue weighted by atomic mass is 10.0. The fraction of sp³-hybridized carbons (Fsp3) is 0.111. The molecule has 27 heavy (non-hydrogen) atoms. The molecule has 0 radical (unpaired) electrons. The van der Waals surface area contributed by atoms with Crippen LogP contribution in [0.4, 0.5) is 0 Å². The van der Waals surface area contributed by atoms with Gasteiger partial charge in [-0.2, -0.15) is 0 Å². The number of amides is 2. The molecule has 2 amide bonds. The van der Waals surface area contributed by atoms with Gasteiger partial charge in [0.25, 0.3) is 11.8 Å². The van der Waals surface area contributed by atoms with Crippen LogP contribution in [0.15, 0.2) is 59.6 Å². The van der Waals surface area contributed by atoms with Crippen LogP contribution in [-0.2, 0) is 16.0 Å². The Balaban J connectivity index is 1.84. The normalized spacial score (nSPS) is 11.6. The van der Waals surface area contributed by atoms with E-state index in [9.17, 15) is 14.4 Å². The molecule has 9 heteroatoms. The molecule has 0 aliphatic heterocycles. The predicted molar refractivity (Wildman–Crippen MR) is 93.1 cm³/mol. The third kappa shape index (κ3) is 4.21. The number of benzene rings is 1. The minimum atomic E-state index is -1.13. The van der Waals surface area contributed by atoms with Gasteiger partial charge in [-0.15, -0.1) is 0 Å². The lowest BCUT2D eigenvalue weighted by Crippen LogP contribution is -2.47. The highest BCUT2D eigenvalue weighted by atomic mass is 16.5. The molecule has 0 bridgehead atoms. The molecule has 0 saturated carbocycles. The monoisotopic (exact) mass is 365 g/mol. The van der Waals surface area contributed by atoms with Crippen molar-refractivity contribution in [2.45, 2.75) is 12.5 Å². The maximum atomic E-state index is 12.7. The average Bonchev–Trinajstić information content (AvgIpc) is 3.18. The summed E-state index contributed by atoms with van der Waals surface area (Å²) in [6.07, 6.45) is 4.22. The zero-order valence-electron chi connectivity index (χ0n) is 14.0. The van der Waals surface area contributed by atoms with Crippen molar-refractivity contribution in [3.8, 4) is 11.5 Å². The van der Waals surface area contributed by atoms with Gasteiger partial charge in [0.15, 0.2) is 11.5 Å². The standard InChI is InChI=1S/C18H15N5O4/c19-16(25)15(24)13(9-11-5-2-1-3-6-11)22-18(26)12-10-27-23-14(12)17-20-7-4-8-21-17/h1-8,10,13H,9H2,(H2,19,25)(H,22,26). The quantitative estimate of drug-likeness (QED) is 0.582. The smallest absolute Gasteiger partial charge is 0.287 e. The van der Waals surface area contributed by atoms with Gasteiger partial charge in [-0.3, -0.25) is 14.4 Å². The Bertz CT molecular complexity index is 956. The fourth-order valence-electron chi connectivity index (χ4n) is 2.45. The highest BCUT2D eigenvalue weighted by Crippen LogP contribution is 2.18. The third-order valence-electron chi connectivity index (χ3n) is 3.74. The number of primary amides is 1. The second kappa shape index (κ2) is 8.00. The summed E-state index contributed by atoms with van der Waals surface area (Å²) in [6, 6.07) is 9.42. The molecule has 0 fully saturated rings. The van der Waals surface area contributed by atoms with Gasteiger partial charge in [-0.1, -0.05) is 35.5 Å². The van der Waals surface area contributed by atoms with E-state index >= 15 is 0 Å². The molecule has 0 saturated heterocycles. The molecule has 3 rings (SSSR count). The molecule has 0 aliphatic carbocycles. The number of carbonyl (C=O) groups excluding carboxylic acids is 3. The van der Waals surface area contributed by atoms with E-state index in [-0.39, 0.29) is 23.5 Å². The molecule has 0 aliphatic rings. The second-order valence-corrected chi connectivity index (χ2v) is 5.59. The lowest BCUT2D eigenvalue weighted by Gasteiger charge is -2.16. The van der Waals surface area contributed by atoms with Crippen LogP contribution < -0.4 is 11.1 Å². The summed E-state index contributed by atoms with van der Waals surface area (Å²) >= 11 is 0. The summed E-state index contributed by atoms with van der Waals surface area (Å²) in [5.74, 6) is -2.50. The Kier molecular flexibility index (Phi) is 5.31. The molecular weight excluding hydrogens is 350 g/mol. The molecule has 1 atom stereocenters. The number of aromatic nitrogens is 3. The largest absolute Gasteiger partial charge is 0.363 e. The van der Waals surface area contributed by atoms with E-state index in [1.54, 1.807) is 30.3 Å². The first-order valence-electron chi connectivity index (χ1n) is 7.96. The molecule has 136 valence electrons. The molecule has 3 aromatic rings. The zero-order valence-corrected chi connectivity index (χ0v) is 14.0. The molecular formula is C18H15N5O4. The number of nitrogens with one attached hydrogen (secondary N) is 1. The van der Waals surface area contributed by atoms with E-state index in [0.29, 0.717) is 0 Å². The van der Waals surface area contributed by atoms with Gasteiger partial charge in [0.1, 0.15) is 17.9 Å². The number of nitrogens with zero attached hydrogens (tertiary/aromatic N) is 3. The molecule has 3 N–H and O–H groups in total. The molecule has 0 spiro atoms. The van der Waals surface area contributed by atoms with Gasteiger partial charge in [0.05, 0.1) is 0 Å². The second-order valence-electron chi connectivity index (χ2n) is 5.59. The predicted octanol–water partition coefficient (Wildman–Crippen LogP) is 0.527. The number of hydrogen-bond donors (Lipinski definition) is 2. The first-order valence-corrected chi connectivity index (χ1v) is 7.96. The first kappa shape index (κ1) is 17.9. The Hall–Kier alpha value is -3.88. The van der Waals surface area contributed by atoms with Gasteiger partial charge < -0.3 is 15.6 Å². The van der Waals surface area contributed by atoms with Gasteiger partial charge in [-0.25, -0.2) is 9.97 Å². The van der Waals surface area contributed by atoms with Crippen LogP contribution >= 0.6 is 0 Å². The Morgan fingerprint density at radius 1 is 1.07 bits per heavy atom. The summed E-state index contributed by atoms with van der Waals surface area (Å²) in [4.78, 5) is 44.2. The lowest BCUT2D eigenvalue weighted by molar-refractivity contribution is -0.137. The molecule has 1 aromatic carbocycles. The highest BCUT2D eigenvalue weighted by molar-refractivity contribution is 6.38. The summed E-state index contributed by atoms with van der Waals surface area (Å²) in [6.45, 7) is 0. The van der Waals surface area contributed by atoms with Crippen LogP contribution in [-0.4, -0.2) is 38.8 Å². The van der Waals surface area contributed by atoms with Crippen molar-refractivity contribution in [2.24, 2.45) is 5.73 Å². The van der Waals surface area contributed by atoms with Crippen molar-refractivity contribution in [3.05, 3.63) is 66.2 Å². The maximum Gasteiger partial charge on any atom is 0.287 e. The number of nitrogens with two attached hydrogens (primary N) is 1. The molecule has 1 unspecified atom stereocenters. The SMILES string of the molecule is NC(=O)C(=O)C(Cc1ccccc1)NC(=O)c1conc1-c1ncccn1. The van der Waals surface area contributed by atoms with Gasteiger partial charge in [0.2, 0.25) is 5.78 Å². The minimum absolute atomic E-state index is 0.0385. The summed E-state index contributed by atoms with van der Waals surface area (Å²) in [7, 11) is 0. The van der Waals surface area contributed by atoms with E-state index in [2.05, 4.69) is 20.4 Å². The molecule has 2 aromatic heterocycles. The van der Waals surface area contributed by atoms with Crippen molar-refractivity contribution in [2.75, 3.05) is 0 Å². The Morgan fingerprint density at radius 3 is 2.44 bits per heavy atom. The summed E-state index contributed by atoms with van der Waals surface area (Å²) in [5.41, 5.74) is 6.04. The summed E-state index contributed by atoms with van der Waals surface area (Å²) in [5, 5.41) is 6.26. The van der Waals surface area contributed by atoms with Crippen LogP contribution in [0.2, 0.25) is 0 Å². The fourth-order valence-corrected chi connectivity index (χ4v) is 2.45. The summed E-state index contributed by atoms with van der Waals surface area (Å²) < 4.78 is 4.86. The Morgan fingerprint density at radius 2 is 1.78 bits per heavy atom. The number of rotatable bonds is 7. The van der Waals surface area contributed by atoms with E-state index in [0.717, 1.165) is 11.8 Å². The molecule has 2 heterocycles. The Labute approximate surface area is 153 Å². The minimum Gasteiger partial charge on any atom is -0.363 e. The van der Waals surface area contributed by atoms with Crippen molar-refractivity contribution in [1.29, 1.82) is 0 Å². The topological polar surface area (TPSA) is 141 Å². The van der Waals surface area contributed by atoms with Gasteiger partial charge in [0, 0.05) is 18.8 Å². The number of carbonyl (C=O) groups is 3. The van der Waals surface area contributed by atoms with Crippen molar-refractivity contribution in [3.63, 3.8) is 0 Å². The van der Waals surface area contributed by atoms with Crippen molar-refractivity contribution >= 4 is 17.6 Å². The van der Waals surface area contributed by atoms with E-state index in [4.69, 9.17) is 10.3 Å². The first-order chi connectivity index (χ1) is 13.1. The number of Topliss-reactive ketones (excluding diaryl/α,β-unsaturated/α-hetero) is 1. The van der Waals surface area contributed by atoms with E-state index < -0.39 is 23.6 Å². The van der Waals surface area contributed by atoms with Crippen LogP contribution in [0, 0.1) is 0 Å². The van der Waals surface area contributed by atoms with Crippen LogP contribution in [0.1, 0.15) is 15.9 Å². The zero-order chi connectivity index (χ0) is 19.2. The van der Waals surface area contributed by atoms with Gasteiger partial charge in [-0.05, 0) is 11.6 Å². The number of hydrogen-bond acceptors (Lipinski definition) is 7. The van der Waals surface area contributed by atoms with Gasteiger partial charge >= 0.3 is 0 Å². The van der Waals surface area contributed by atoms with Crippen molar-refractivity contribution in [1.82, 2.24) is 20.4 Å². The van der Waals surface area contributed by atoms with E-state index in [1.165, 1.54) is 12.4 Å². The number of ketones is 1. The van der Waals surface area contributed by atoms with Crippen LogP contribution in [0.5, 0.6) is 0 Å². The maximum absolute atomic E-state index is 12.7. The van der Waals surface area contributed by atoms with Crippen LogP contribution in [0.25, 0.3) is 11.5 Å². The van der Waals surface area contributed by atoms with Crippen molar-refractivity contribution < 1.29 is 18.9 Å². The third-order valence-corrected chi connectivity index (χ3v) is 3.74. The van der Waals surface area contributed by atoms with E-state index in [1.807, 2.05) is 6.07 Å². The van der Waals surface area contributed by atoms with Crippen LogP contribution in [0.3, 0.4) is 0 Å². The molecule has 9 nitrogen and oxygen atoms in total. The highest BCUT2D eigenvalue weighted by Gasteiger charge is 2.28.